The molecule has 1 aliphatic rings. The number of nitrogens with zero attached hydrogens (tertiary/aromatic N) is 2. The van der Waals surface area contributed by atoms with Crippen LogP contribution in [0.1, 0.15) is 0 Å². The first-order chi connectivity index (χ1) is 9.63. The van der Waals surface area contributed by atoms with Gasteiger partial charge in [0.2, 0.25) is 0 Å². The van der Waals surface area contributed by atoms with E-state index in [2.05, 4.69) is 10.4 Å². The van der Waals surface area contributed by atoms with Crippen LogP contribution in [0, 0.1) is 0 Å². The molecule has 1 aromatic carbocycles. The van der Waals surface area contributed by atoms with Crippen LogP contribution in [0.2, 0.25) is 5.02 Å². The number of benzene rings is 1. The van der Waals surface area contributed by atoms with Gasteiger partial charge in [-0.05, 0) is 36.6 Å². The van der Waals surface area contributed by atoms with Gasteiger partial charge in [0, 0.05) is 10.4 Å². The SMILES string of the molecule is O=C(O)C1=CC(Cn2ncc3cc(Cl)ccc32)NC=C1. The van der Waals surface area contributed by atoms with Gasteiger partial charge in [0.1, 0.15) is 0 Å². The predicted molar refractivity (Wildman–Crippen MR) is 76.5 cm³/mol. The van der Waals surface area contributed by atoms with Gasteiger partial charge in [-0.3, -0.25) is 4.68 Å². The van der Waals surface area contributed by atoms with E-state index in [9.17, 15) is 4.79 Å². The van der Waals surface area contributed by atoms with Crippen molar-refractivity contribution in [3.63, 3.8) is 0 Å². The molecule has 102 valence electrons. The second-order valence-corrected chi connectivity index (χ2v) is 5.00. The summed E-state index contributed by atoms with van der Waals surface area (Å²) < 4.78 is 1.83. The van der Waals surface area contributed by atoms with E-state index in [-0.39, 0.29) is 11.6 Å². The van der Waals surface area contributed by atoms with E-state index in [4.69, 9.17) is 16.7 Å². The number of hydrogen-bond donors (Lipinski definition) is 2. The van der Waals surface area contributed by atoms with Crippen LogP contribution in [0.3, 0.4) is 0 Å². The van der Waals surface area contributed by atoms with Crippen molar-refractivity contribution in [3.8, 4) is 0 Å². The quantitative estimate of drug-likeness (QED) is 0.909. The van der Waals surface area contributed by atoms with Crippen molar-refractivity contribution >= 4 is 28.5 Å². The highest BCUT2D eigenvalue weighted by molar-refractivity contribution is 6.31. The molecule has 3 rings (SSSR count). The average Bonchev–Trinajstić information content (AvgIpc) is 2.81. The molecule has 0 saturated heterocycles. The summed E-state index contributed by atoms with van der Waals surface area (Å²) in [5.74, 6) is -0.926. The summed E-state index contributed by atoms with van der Waals surface area (Å²) >= 11 is 5.94. The van der Waals surface area contributed by atoms with Gasteiger partial charge in [0.25, 0.3) is 0 Å². The van der Waals surface area contributed by atoms with Crippen molar-refractivity contribution in [2.24, 2.45) is 0 Å². The fraction of sp³-hybridized carbons (Fsp3) is 0.143. The molecule has 6 heteroatoms. The molecular weight excluding hydrogens is 278 g/mol. The van der Waals surface area contributed by atoms with Crippen molar-refractivity contribution in [2.45, 2.75) is 12.6 Å². The third-order valence-electron chi connectivity index (χ3n) is 3.17. The highest BCUT2D eigenvalue weighted by atomic mass is 35.5. The number of aliphatic carboxylic acids is 1. The van der Waals surface area contributed by atoms with Crippen molar-refractivity contribution in [1.29, 1.82) is 0 Å². The number of hydrogen-bond acceptors (Lipinski definition) is 3. The van der Waals surface area contributed by atoms with Gasteiger partial charge in [0.05, 0.1) is 29.9 Å². The highest BCUT2D eigenvalue weighted by Crippen LogP contribution is 2.19. The maximum absolute atomic E-state index is 11.0. The summed E-state index contributed by atoms with van der Waals surface area (Å²) in [6, 6.07) is 5.47. The van der Waals surface area contributed by atoms with Crippen LogP contribution >= 0.6 is 11.6 Å². The summed E-state index contributed by atoms with van der Waals surface area (Å²) in [4.78, 5) is 11.0. The highest BCUT2D eigenvalue weighted by Gasteiger charge is 2.15. The standard InChI is InChI=1S/C14H12ClN3O2/c15-11-1-2-13-10(5-11)7-17-18(13)8-12-6-9(14(19)20)3-4-16-12/h1-7,12,16H,8H2,(H,19,20). The Morgan fingerprint density at radius 3 is 3.15 bits per heavy atom. The Morgan fingerprint density at radius 1 is 1.50 bits per heavy atom. The Hall–Kier alpha value is -2.27. The summed E-state index contributed by atoms with van der Waals surface area (Å²) in [7, 11) is 0. The van der Waals surface area contributed by atoms with E-state index in [0.29, 0.717) is 11.6 Å². The number of carboxylic acids is 1. The minimum Gasteiger partial charge on any atom is -0.478 e. The minimum absolute atomic E-state index is 0.107. The second-order valence-electron chi connectivity index (χ2n) is 4.56. The van der Waals surface area contributed by atoms with Crippen molar-refractivity contribution < 1.29 is 9.90 Å². The van der Waals surface area contributed by atoms with Gasteiger partial charge in [-0.15, -0.1) is 0 Å². The van der Waals surface area contributed by atoms with Crippen molar-refractivity contribution in [2.75, 3.05) is 0 Å². The van der Waals surface area contributed by atoms with Crippen LogP contribution in [0.15, 0.2) is 48.3 Å². The van der Waals surface area contributed by atoms with Gasteiger partial charge in [0.15, 0.2) is 0 Å². The van der Waals surface area contributed by atoms with E-state index in [1.54, 1.807) is 24.5 Å². The maximum Gasteiger partial charge on any atom is 0.335 e. The zero-order valence-electron chi connectivity index (χ0n) is 10.5. The molecule has 1 aliphatic heterocycles. The number of halogens is 1. The molecule has 2 N–H and O–H groups in total. The molecule has 5 nitrogen and oxygen atoms in total. The first-order valence-electron chi connectivity index (χ1n) is 6.12. The van der Waals surface area contributed by atoms with Crippen molar-refractivity contribution in [3.05, 3.63) is 53.3 Å². The molecule has 20 heavy (non-hydrogen) atoms. The fourth-order valence-electron chi connectivity index (χ4n) is 2.22. The van der Waals surface area contributed by atoms with Crippen molar-refractivity contribution in [1.82, 2.24) is 15.1 Å². The molecule has 0 spiro atoms. The molecule has 1 atom stereocenters. The zero-order valence-corrected chi connectivity index (χ0v) is 11.2. The van der Waals surface area contributed by atoms with E-state index < -0.39 is 5.97 Å². The van der Waals surface area contributed by atoms with Gasteiger partial charge < -0.3 is 10.4 Å². The fourth-order valence-corrected chi connectivity index (χ4v) is 2.40. The van der Waals surface area contributed by atoms with Crippen LogP contribution in [-0.2, 0) is 11.3 Å². The van der Waals surface area contributed by atoms with Gasteiger partial charge in [-0.25, -0.2) is 4.79 Å². The largest absolute Gasteiger partial charge is 0.478 e. The molecule has 1 aromatic heterocycles. The molecule has 0 amide bonds. The first kappa shape index (κ1) is 12.7. The Kier molecular flexibility index (Phi) is 3.20. The normalized spacial score (nSPS) is 17.9. The summed E-state index contributed by atoms with van der Waals surface area (Å²) in [6.45, 7) is 0.548. The number of carbonyl (C=O) groups is 1. The molecular formula is C14H12ClN3O2. The predicted octanol–water partition coefficient (Wildman–Crippen LogP) is 2.19. The number of carboxylic acid groups (broad SMARTS) is 1. The summed E-state index contributed by atoms with van der Waals surface area (Å²) in [6.07, 6.45) is 6.63. The molecule has 0 saturated carbocycles. The van der Waals surface area contributed by atoms with E-state index in [0.717, 1.165) is 10.9 Å². The third-order valence-corrected chi connectivity index (χ3v) is 3.41. The summed E-state index contributed by atoms with van der Waals surface area (Å²) in [5.41, 5.74) is 1.25. The number of rotatable bonds is 3. The average molecular weight is 290 g/mol. The van der Waals surface area contributed by atoms with Crippen LogP contribution in [0.5, 0.6) is 0 Å². The number of dihydropyridines is 1. The lowest BCUT2D eigenvalue weighted by atomic mass is 10.1. The second kappa shape index (κ2) is 5.02. The molecule has 0 aliphatic carbocycles. The smallest absolute Gasteiger partial charge is 0.335 e. The Bertz CT molecular complexity index is 733. The van der Waals surface area contributed by atoms with Crippen LogP contribution in [-0.4, -0.2) is 26.9 Å². The molecule has 0 radical (unpaired) electrons. The third kappa shape index (κ3) is 2.40. The topological polar surface area (TPSA) is 67.1 Å². The summed E-state index contributed by atoms with van der Waals surface area (Å²) in [5, 5.41) is 18.1. The monoisotopic (exact) mass is 289 g/mol. The Balaban J connectivity index is 1.87. The van der Waals surface area contributed by atoms with E-state index in [1.807, 2.05) is 22.9 Å². The number of nitrogens with one attached hydrogen (secondary N) is 1. The van der Waals surface area contributed by atoms with Crippen LogP contribution in [0.4, 0.5) is 0 Å². The molecule has 2 heterocycles. The first-order valence-corrected chi connectivity index (χ1v) is 6.50. The maximum atomic E-state index is 11.0. The van der Waals surface area contributed by atoms with Crippen LogP contribution in [0.25, 0.3) is 10.9 Å². The lowest BCUT2D eigenvalue weighted by molar-refractivity contribution is -0.132. The molecule has 0 bridgehead atoms. The van der Waals surface area contributed by atoms with Gasteiger partial charge in [-0.2, -0.15) is 5.10 Å². The Morgan fingerprint density at radius 2 is 2.35 bits per heavy atom. The molecule has 0 fully saturated rings. The lowest BCUT2D eigenvalue weighted by Crippen LogP contribution is -2.31. The van der Waals surface area contributed by atoms with Gasteiger partial charge >= 0.3 is 5.97 Å². The molecule has 2 aromatic rings. The van der Waals surface area contributed by atoms with Crippen LogP contribution < -0.4 is 5.32 Å². The number of aromatic nitrogens is 2. The Labute approximate surface area is 120 Å². The molecule has 1 unspecified atom stereocenters. The zero-order chi connectivity index (χ0) is 14.1. The van der Waals surface area contributed by atoms with E-state index >= 15 is 0 Å². The van der Waals surface area contributed by atoms with Gasteiger partial charge in [-0.1, -0.05) is 11.6 Å². The minimum atomic E-state index is -0.926. The van der Waals surface area contributed by atoms with E-state index in [1.165, 1.54) is 0 Å². The number of fused-ring (bicyclic) bond motifs is 1. The lowest BCUT2D eigenvalue weighted by Gasteiger charge is -2.18.